The zero-order valence-electron chi connectivity index (χ0n) is 10.7. The molecule has 6 heteroatoms. The zero-order chi connectivity index (χ0) is 13.5. The minimum absolute atomic E-state index is 0.0430. The lowest BCUT2D eigenvalue weighted by atomic mass is 9.91. The number of aliphatic hydroxyl groups is 1. The van der Waals surface area contributed by atoms with Crippen LogP contribution in [-0.4, -0.2) is 54.6 Å². The Morgan fingerprint density at radius 3 is 2.78 bits per heavy atom. The summed E-state index contributed by atoms with van der Waals surface area (Å²) in [5.74, 6) is 0.232. The number of carbonyl (C=O) groups is 1. The van der Waals surface area contributed by atoms with Gasteiger partial charge in [0.1, 0.15) is 0 Å². The lowest BCUT2D eigenvalue weighted by Crippen LogP contribution is -2.52. The summed E-state index contributed by atoms with van der Waals surface area (Å²) in [5.41, 5.74) is 0. The van der Waals surface area contributed by atoms with Gasteiger partial charge in [-0.2, -0.15) is 0 Å². The molecule has 1 aliphatic heterocycles. The quantitative estimate of drug-likeness (QED) is 0.748. The fraction of sp³-hybridized carbons (Fsp3) is 0.917. The van der Waals surface area contributed by atoms with Crippen molar-refractivity contribution in [3.63, 3.8) is 0 Å². The second-order valence-corrected chi connectivity index (χ2v) is 4.76. The first kappa shape index (κ1) is 15.3. The maximum atomic E-state index is 12.2. The van der Waals surface area contributed by atoms with Crippen molar-refractivity contribution in [1.29, 1.82) is 0 Å². The number of rotatable bonds is 6. The summed E-state index contributed by atoms with van der Waals surface area (Å²) in [6, 6.07) is -0.0974. The predicted molar refractivity (Wildman–Crippen MR) is 64.5 cm³/mol. The highest BCUT2D eigenvalue weighted by Crippen LogP contribution is 2.20. The van der Waals surface area contributed by atoms with Crippen molar-refractivity contribution in [2.45, 2.75) is 38.7 Å². The van der Waals surface area contributed by atoms with E-state index in [-0.39, 0.29) is 31.0 Å². The molecule has 0 bridgehead atoms. The van der Waals surface area contributed by atoms with Crippen LogP contribution in [0.3, 0.4) is 0 Å². The number of amides is 1. The fourth-order valence-electron chi connectivity index (χ4n) is 2.43. The van der Waals surface area contributed by atoms with E-state index in [0.29, 0.717) is 25.9 Å². The molecule has 2 atom stereocenters. The van der Waals surface area contributed by atoms with Crippen molar-refractivity contribution < 1.29 is 18.7 Å². The highest BCUT2D eigenvalue weighted by atomic mass is 19.3. The Hall–Kier alpha value is -0.750. The van der Waals surface area contributed by atoms with Crippen LogP contribution in [0.4, 0.5) is 8.78 Å². The number of aliphatic hydroxyl groups excluding tert-OH is 1. The van der Waals surface area contributed by atoms with Crippen molar-refractivity contribution in [3.05, 3.63) is 0 Å². The Morgan fingerprint density at radius 2 is 2.22 bits per heavy atom. The standard InChI is InChI=1S/C12H22F2N2O2/c1-2-12(18)16-7-9(3-4-17)5-10(8-16)15-6-11(13)14/h9-11,15,17H,2-8H2,1H3. The number of nitrogens with zero attached hydrogens (tertiary/aromatic N) is 1. The van der Waals surface area contributed by atoms with Crippen LogP contribution in [0.2, 0.25) is 0 Å². The Kier molecular flexibility index (Phi) is 6.49. The molecule has 2 N–H and O–H groups in total. The number of halogens is 2. The molecule has 1 fully saturated rings. The number of nitrogens with one attached hydrogen (secondary N) is 1. The molecular formula is C12H22F2N2O2. The van der Waals surface area contributed by atoms with Gasteiger partial charge >= 0.3 is 0 Å². The second kappa shape index (κ2) is 7.63. The van der Waals surface area contributed by atoms with Gasteiger partial charge in [-0.05, 0) is 18.8 Å². The van der Waals surface area contributed by atoms with Gasteiger partial charge in [0, 0.05) is 32.2 Å². The van der Waals surface area contributed by atoms with Crippen LogP contribution in [0, 0.1) is 5.92 Å². The summed E-state index contributed by atoms with van der Waals surface area (Å²) in [7, 11) is 0. The van der Waals surface area contributed by atoms with E-state index in [1.807, 2.05) is 0 Å². The van der Waals surface area contributed by atoms with Crippen molar-refractivity contribution in [1.82, 2.24) is 10.2 Å². The summed E-state index contributed by atoms with van der Waals surface area (Å²) in [6.45, 7) is 2.63. The van der Waals surface area contributed by atoms with E-state index in [2.05, 4.69) is 5.32 Å². The van der Waals surface area contributed by atoms with Gasteiger partial charge in [0.15, 0.2) is 0 Å². The van der Waals surface area contributed by atoms with Crippen LogP contribution in [0.5, 0.6) is 0 Å². The van der Waals surface area contributed by atoms with Crippen molar-refractivity contribution in [2.24, 2.45) is 5.92 Å². The monoisotopic (exact) mass is 264 g/mol. The summed E-state index contributed by atoms with van der Waals surface area (Å²) in [4.78, 5) is 13.4. The molecule has 0 aliphatic carbocycles. The number of alkyl halides is 2. The van der Waals surface area contributed by atoms with Gasteiger partial charge in [0.05, 0.1) is 6.54 Å². The summed E-state index contributed by atoms with van der Waals surface area (Å²) in [6.07, 6.45) is -0.604. The maximum absolute atomic E-state index is 12.2. The molecule has 2 unspecified atom stereocenters. The summed E-state index contributed by atoms with van der Waals surface area (Å²) < 4.78 is 24.3. The van der Waals surface area contributed by atoms with E-state index in [1.165, 1.54) is 0 Å². The first-order valence-electron chi connectivity index (χ1n) is 6.47. The molecule has 0 saturated carbocycles. The molecule has 0 spiro atoms. The van der Waals surface area contributed by atoms with E-state index < -0.39 is 6.43 Å². The van der Waals surface area contributed by atoms with Gasteiger partial charge in [-0.3, -0.25) is 4.79 Å². The minimum atomic E-state index is -2.38. The summed E-state index contributed by atoms with van der Waals surface area (Å²) >= 11 is 0. The normalized spacial score (nSPS) is 24.6. The molecule has 0 radical (unpaired) electrons. The van der Waals surface area contributed by atoms with E-state index in [9.17, 15) is 13.6 Å². The Labute approximate surface area is 106 Å². The Morgan fingerprint density at radius 1 is 1.50 bits per heavy atom. The SMILES string of the molecule is CCC(=O)N1CC(CCO)CC(NCC(F)F)C1. The van der Waals surface area contributed by atoms with Crippen LogP contribution in [0.15, 0.2) is 0 Å². The minimum Gasteiger partial charge on any atom is -0.396 e. The Bertz CT molecular complexity index is 264. The molecule has 1 amide bonds. The van der Waals surface area contributed by atoms with Crippen LogP contribution in [-0.2, 0) is 4.79 Å². The lowest BCUT2D eigenvalue weighted by Gasteiger charge is -2.38. The third kappa shape index (κ3) is 4.86. The third-order valence-corrected chi connectivity index (χ3v) is 3.29. The Balaban J connectivity index is 2.53. The van der Waals surface area contributed by atoms with Crippen LogP contribution < -0.4 is 5.32 Å². The van der Waals surface area contributed by atoms with Gasteiger partial charge in [-0.15, -0.1) is 0 Å². The molecule has 0 aromatic rings. The molecule has 18 heavy (non-hydrogen) atoms. The molecule has 106 valence electrons. The molecular weight excluding hydrogens is 242 g/mol. The van der Waals surface area contributed by atoms with Gasteiger partial charge < -0.3 is 15.3 Å². The number of hydrogen-bond donors (Lipinski definition) is 2. The fourth-order valence-corrected chi connectivity index (χ4v) is 2.43. The summed E-state index contributed by atoms with van der Waals surface area (Å²) in [5, 5.41) is 11.8. The van der Waals surface area contributed by atoms with Crippen LogP contribution in [0.25, 0.3) is 0 Å². The highest BCUT2D eigenvalue weighted by molar-refractivity contribution is 5.76. The molecule has 1 saturated heterocycles. The molecule has 1 heterocycles. The maximum Gasteiger partial charge on any atom is 0.250 e. The van der Waals surface area contributed by atoms with Crippen molar-refractivity contribution in [3.8, 4) is 0 Å². The van der Waals surface area contributed by atoms with Gasteiger partial charge in [0.25, 0.3) is 6.43 Å². The molecule has 4 nitrogen and oxygen atoms in total. The molecule has 0 aromatic heterocycles. The number of likely N-dealkylation sites (tertiary alicyclic amines) is 1. The number of piperidine rings is 1. The average Bonchev–Trinajstić information content (AvgIpc) is 2.35. The lowest BCUT2D eigenvalue weighted by molar-refractivity contribution is -0.133. The first-order valence-corrected chi connectivity index (χ1v) is 6.47. The van der Waals surface area contributed by atoms with E-state index in [4.69, 9.17) is 5.11 Å². The largest absolute Gasteiger partial charge is 0.396 e. The highest BCUT2D eigenvalue weighted by Gasteiger charge is 2.29. The van der Waals surface area contributed by atoms with Crippen molar-refractivity contribution in [2.75, 3.05) is 26.2 Å². The second-order valence-electron chi connectivity index (χ2n) is 4.76. The van der Waals surface area contributed by atoms with Crippen molar-refractivity contribution >= 4 is 5.91 Å². The number of carbonyl (C=O) groups excluding carboxylic acids is 1. The zero-order valence-corrected chi connectivity index (χ0v) is 10.7. The van der Waals surface area contributed by atoms with Gasteiger partial charge in [-0.1, -0.05) is 6.92 Å². The van der Waals surface area contributed by atoms with E-state index in [0.717, 1.165) is 6.42 Å². The molecule has 1 aliphatic rings. The van der Waals surface area contributed by atoms with E-state index in [1.54, 1.807) is 11.8 Å². The van der Waals surface area contributed by atoms with Crippen LogP contribution >= 0.6 is 0 Å². The third-order valence-electron chi connectivity index (χ3n) is 3.29. The average molecular weight is 264 g/mol. The first-order chi connectivity index (χ1) is 8.56. The number of hydrogen-bond acceptors (Lipinski definition) is 3. The topological polar surface area (TPSA) is 52.6 Å². The van der Waals surface area contributed by atoms with Crippen LogP contribution in [0.1, 0.15) is 26.2 Å². The van der Waals surface area contributed by atoms with Gasteiger partial charge in [-0.25, -0.2) is 8.78 Å². The predicted octanol–water partition coefficient (Wildman–Crippen LogP) is 0.851. The molecule has 0 aromatic carbocycles. The smallest absolute Gasteiger partial charge is 0.250 e. The van der Waals surface area contributed by atoms with Gasteiger partial charge in [0.2, 0.25) is 5.91 Å². The molecule has 1 rings (SSSR count). The van der Waals surface area contributed by atoms with E-state index >= 15 is 0 Å².